The first-order valence-corrected chi connectivity index (χ1v) is 32.9. The zero-order chi connectivity index (χ0) is 56.8. The van der Waals surface area contributed by atoms with E-state index in [4.69, 9.17) is 43.4 Å². The predicted molar refractivity (Wildman–Crippen MR) is 337 cm³/mol. The van der Waals surface area contributed by atoms with Gasteiger partial charge in [0.1, 0.15) is 0 Å². The number of ether oxygens (including phenoxy) is 6. The molecule has 3 aromatic carbocycles. The Morgan fingerprint density at radius 1 is 0.312 bits per heavy atom. The maximum atomic E-state index is 6.69. The number of hydrogen-bond donors (Lipinski definition) is 2. The lowest BCUT2D eigenvalue weighted by molar-refractivity contribution is 0.234. The van der Waals surface area contributed by atoms with Gasteiger partial charge in [0, 0.05) is 41.2 Å². The fourth-order valence-corrected chi connectivity index (χ4v) is 9.79. The fourth-order valence-electron chi connectivity index (χ4n) is 9.79. The van der Waals surface area contributed by atoms with Crippen LogP contribution in [0.25, 0.3) is 11.4 Å². The summed E-state index contributed by atoms with van der Waals surface area (Å²) in [5.74, 6) is 5.25. The van der Waals surface area contributed by atoms with Crippen molar-refractivity contribution in [2.24, 2.45) is 0 Å². The first-order chi connectivity index (χ1) is 39.5. The number of rotatable bonds is 53. The minimum Gasteiger partial charge on any atom is -0.489 e. The number of hydrogen-bond acceptors (Lipinski definition) is 11. The highest BCUT2D eigenvalue weighted by Gasteiger charge is 2.21. The minimum absolute atomic E-state index is 0.368. The highest BCUT2D eigenvalue weighted by atomic mass is 16.5. The van der Waals surface area contributed by atoms with Crippen molar-refractivity contribution in [3.05, 3.63) is 54.6 Å². The Morgan fingerprint density at radius 3 is 0.838 bits per heavy atom. The molecular weight excluding hydrogens is 995 g/mol. The van der Waals surface area contributed by atoms with Gasteiger partial charge in [0.2, 0.25) is 23.4 Å². The average Bonchev–Trinajstić information content (AvgIpc) is 3.47. The molecule has 0 amide bonds. The van der Waals surface area contributed by atoms with Crippen LogP contribution >= 0.6 is 0 Å². The van der Waals surface area contributed by atoms with Gasteiger partial charge in [0.25, 0.3) is 0 Å². The molecule has 0 bridgehead atoms. The molecule has 0 atom stereocenters. The lowest BCUT2D eigenvalue weighted by atomic mass is 10.1. The van der Waals surface area contributed by atoms with E-state index >= 15 is 0 Å². The van der Waals surface area contributed by atoms with E-state index < -0.39 is 0 Å². The normalized spacial score (nSPS) is 11.2. The summed E-state index contributed by atoms with van der Waals surface area (Å²) < 4.78 is 40.1. The molecule has 4 rings (SSSR count). The van der Waals surface area contributed by atoms with Crippen LogP contribution in [-0.4, -0.2) is 54.6 Å². The first kappa shape index (κ1) is 67.6. The van der Waals surface area contributed by atoms with Crippen molar-refractivity contribution in [3.63, 3.8) is 0 Å². The number of anilines is 4. The molecule has 80 heavy (non-hydrogen) atoms. The van der Waals surface area contributed by atoms with Gasteiger partial charge in [-0.3, -0.25) is 0 Å². The van der Waals surface area contributed by atoms with Crippen LogP contribution < -0.4 is 39.1 Å². The molecule has 0 saturated carbocycles. The smallest absolute Gasteiger partial charge is 0.232 e. The molecule has 11 heteroatoms. The second-order valence-electron chi connectivity index (χ2n) is 22.1. The molecular formula is C69H112N5O6. The lowest BCUT2D eigenvalue weighted by Gasteiger charge is -2.20. The van der Waals surface area contributed by atoms with Gasteiger partial charge in [0.05, 0.1) is 39.6 Å². The van der Waals surface area contributed by atoms with Crippen LogP contribution in [0.1, 0.15) is 273 Å². The number of benzene rings is 3. The van der Waals surface area contributed by atoms with Crippen LogP contribution in [0.5, 0.6) is 34.5 Å². The van der Waals surface area contributed by atoms with Gasteiger partial charge in [0.15, 0.2) is 28.8 Å². The van der Waals surface area contributed by atoms with Gasteiger partial charge >= 0.3 is 0 Å². The van der Waals surface area contributed by atoms with Crippen molar-refractivity contribution >= 4 is 23.3 Å². The van der Waals surface area contributed by atoms with Gasteiger partial charge in [-0.25, -0.2) is 0 Å². The van der Waals surface area contributed by atoms with Crippen molar-refractivity contribution < 1.29 is 28.4 Å². The summed E-state index contributed by atoms with van der Waals surface area (Å²) in [6.07, 6.45) is 42.5. The molecule has 11 nitrogen and oxygen atoms in total. The van der Waals surface area contributed by atoms with E-state index in [1.165, 1.54) is 154 Å². The Morgan fingerprint density at radius 2 is 0.562 bits per heavy atom. The number of nitrogens with one attached hydrogen (secondary N) is 2. The molecule has 0 unspecified atom stereocenters. The van der Waals surface area contributed by atoms with Crippen LogP contribution in [0.4, 0.5) is 23.3 Å². The maximum absolute atomic E-state index is 6.69. The van der Waals surface area contributed by atoms with E-state index in [0.717, 1.165) is 94.0 Å². The molecule has 449 valence electrons. The molecule has 1 radical (unpaired) electrons. The Hall–Kier alpha value is -4.93. The molecule has 1 aromatic heterocycles. The maximum Gasteiger partial charge on any atom is 0.232 e. The third-order valence-electron chi connectivity index (χ3n) is 14.7. The minimum atomic E-state index is 0.368. The van der Waals surface area contributed by atoms with Crippen molar-refractivity contribution in [2.45, 2.75) is 273 Å². The molecule has 4 aromatic rings. The van der Waals surface area contributed by atoms with E-state index in [-0.39, 0.29) is 0 Å². The predicted octanol–water partition coefficient (Wildman–Crippen LogP) is 21.3. The third-order valence-corrected chi connectivity index (χ3v) is 14.7. The van der Waals surface area contributed by atoms with E-state index in [1.807, 2.05) is 48.5 Å². The van der Waals surface area contributed by atoms with Crippen molar-refractivity contribution in [1.82, 2.24) is 15.0 Å². The summed E-state index contributed by atoms with van der Waals surface area (Å²) in [6, 6.07) is 18.9. The Bertz CT molecular complexity index is 1920. The lowest BCUT2D eigenvalue weighted by Crippen LogP contribution is -2.09. The molecule has 0 aliphatic rings. The van der Waals surface area contributed by atoms with Gasteiger partial charge in [-0.1, -0.05) is 258 Å². The molecule has 0 saturated heterocycles. The van der Waals surface area contributed by atoms with E-state index in [2.05, 4.69) is 58.2 Å². The highest BCUT2D eigenvalue weighted by Crippen LogP contribution is 2.44. The summed E-state index contributed by atoms with van der Waals surface area (Å²) in [5.41, 5.74) is 2.31. The van der Waals surface area contributed by atoms with Crippen molar-refractivity contribution in [2.75, 3.05) is 50.3 Å². The van der Waals surface area contributed by atoms with Gasteiger partial charge in [-0.2, -0.15) is 15.0 Å². The van der Waals surface area contributed by atoms with E-state index in [9.17, 15) is 0 Å². The third kappa shape index (κ3) is 29.7. The topological polar surface area (TPSA) is 118 Å². The second-order valence-corrected chi connectivity index (χ2v) is 22.1. The summed E-state index contributed by atoms with van der Waals surface area (Å²) in [5, 5.41) is 7.16. The van der Waals surface area contributed by atoms with E-state index in [1.54, 1.807) is 0 Å². The largest absolute Gasteiger partial charge is 0.489 e. The second kappa shape index (κ2) is 45.7. The van der Waals surface area contributed by atoms with Crippen LogP contribution in [0.2, 0.25) is 0 Å². The molecule has 0 spiro atoms. The molecule has 0 aliphatic heterocycles. The zero-order valence-electron chi connectivity index (χ0n) is 51.6. The SMILES string of the molecule is CCCCCCCCOc1cc(Nc2nc(Nc3cc(OCCCCCCCC)c(OCCCCCCCC)c(OCCCCCCCC)c3)nc(-c3cc[c]cc3)n2)cc(OCCCCCCCC)c1OCCCCCCCC. The first-order valence-electron chi connectivity index (χ1n) is 32.9. The Kier molecular flexibility index (Phi) is 38.6. The summed E-state index contributed by atoms with van der Waals surface area (Å²) in [4.78, 5) is 15.1. The molecule has 2 N–H and O–H groups in total. The summed E-state index contributed by atoms with van der Waals surface area (Å²) in [7, 11) is 0. The standard InChI is InChI=1S/C69H112N5O6/c1-7-13-19-25-31-40-48-75-61-54-59(55-62(76-49-41-32-26-20-14-8-2)65(61)79-52-44-35-29-23-17-11-5)70-68-72-67(58-46-38-37-39-47-58)73-69(74-68)71-60-56-63(77-50-42-33-27-21-15-9-3)66(80-53-45-36-30-24-18-12-6)64(57-60)78-51-43-34-28-22-16-10-4/h38-39,46-47,54-57H,7-36,40-45,48-53H2,1-6H3,(H2,70,71,72,73,74). The monoisotopic (exact) mass is 1110 g/mol. The molecule has 0 aliphatic carbocycles. The van der Waals surface area contributed by atoms with E-state index in [0.29, 0.717) is 91.9 Å². The quantitative estimate of drug-likeness (QED) is 0.0412. The number of nitrogens with zero attached hydrogens (tertiary/aromatic N) is 3. The van der Waals surface area contributed by atoms with Crippen molar-refractivity contribution in [3.8, 4) is 45.9 Å². The van der Waals surface area contributed by atoms with Crippen LogP contribution in [-0.2, 0) is 0 Å². The van der Waals surface area contributed by atoms with Crippen molar-refractivity contribution in [1.29, 1.82) is 0 Å². The van der Waals surface area contributed by atoms with Gasteiger partial charge in [-0.15, -0.1) is 0 Å². The van der Waals surface area contributed by atoms with Crippen LogP contribution in [0.15, 0.2) is 48.5 Å². The Balaban J connectivity index is 1.74. The molecule has 0 fully saturated rings. The zero-order valence-corrected chi connectivity index (χ0v) is 51.6. The number of aromatic nitrogens is 3. The van der Waals surface area contributed by atoms with Gasteiger partial charge in [-0.05, 0) is 44.6 Å². The fraction of sp³-hybridized carbons (Fsp3) is 0.696. The van der Waals surface area contributed by atoms with Gasteiger partial charge < -0.3 is 39.1 Å². The molecule has 1 heterocycles. The Labute approximate surface area is 488 Å². The summed E-state index contributed by atoms with van der Waals surface area (Å²) in [6.45, 7) is 17.1. The average molecular weight is 1110 g/mol. The highest BCUT2D eigenvalue weighted by molar-refractivity contribution is 5.70. The number of unbranched alkanes of at least 4 members (excludes halogenated alkanes) is 30. The van der Waals surface area contributed by atoms with Crippen LogP contribution in [0, 0.1) is 6.07 Å². The van der Waals surface area contributed by atoms with Crippen LogP contribution in [0.3, 0.4) is 0 Å². The summed E-state index contributed by atoms with van der Waals surface area (Å²) >= 11 is 0.